The molecule has 1 aliphatic carbocycles. The van der Waals surface area contributed by atoms with Gasteiger partial charge in [-0.3, -0.25) is 0 Å². The molecule has 0 amide bonds. The van der Waals surface area contributed by atoms with Gasteiger partial charge in [0.25, 0.3) is 0 Å². The molecule has 0 spiro atoms. The lowest BCUT2D eigenvalue weighted by Gasteiger charge is -2.22. The smallest absolute Gasteiger partial charge is 0.338 e. The first-order valence-electron chi connectivity index (χ1n) is 5.78. The Balaban J connectivity index is 2.30. The molecule has 0 radical (unpaired) electrons. The van der Waals surface area contributed by atoms with E-state index in [0.717, 1.165) is 24.8 Å². The number of hydrogen-bond donors (Lipinski definition) is 1. The minimum atomic E-state index is -0.261. The van der Waals surface area contributed by atoms with E-state index in [1.165, 1.54) is 5.56 Å². The van der Waals surface area contributed by atoms with Gasteiger partial charge in [-0.25, -0.2) is 4.79 Å². The third-order valence-electron chi connectivity index (χ3n) is 3.02. The minimum Gasteiger partial charge on any atom is -0.462 e. The fourth-order valence-electron chi connectivity index (χ4n) is 2.18. The van der Waals surface area contributed by atoms with E-state index in [2.05, 4.69) is 0 Å². The molecular weight excluding hydrogens is 202 g/mol. The van der Waals surface area contributed by atoms with E-state index < -0.39 is 0 Å². The van der Waals surface area contributed by atoms with E-state index >= 15 is 0 Å². The second-order valence-corrected chi connectivity index (χ2v) is 4.13. The summed E-state index contributed by atoms with van der Waals surface area (Å²) in [5.41, 5.74) is 9.02. The monoisotopic (exact) mass is 219 g/mol. The molecule has 0 saturated heterocycles. The molecule has 3 nitrogen and oxygen atoms in total. The Morgan fingerprint density at radius 3 is 3.12 bits per heavy atom. The predicted octanol–water partition coefficient (Wildman–Crippen LogP) is 2.20. The molecule has 0 aromatic heterocycles. The van der Waals surface area contributed by atoms with Crippen LogP contribution in [0.4, 0.5) is 0 Å². The average Bonchev–Trinajstić information content (AvgIpc) is 2.29. The van der Waals surface area contributed by atoms with Gasteiger partial charge in [0, 0.05) is 6.04 Å². The second-order valence-electron chi connectivity index (χ2n) is 4.13. The number of aryl methyl sites for hydroxylation is 1. The lowest BCUT2D eigenvalue weighted by atomic mass is 9.87. The van der Waals surface area contributed by atoms with Crippen molar-refractivity contribution in [3.8, 4) is 0 Å². The molecule has 2 rings (SSSR count). The van der Waals surface area contributed by atoms with Gasteiger partial charge in [0.1, 0.15) is 0 Å². The number of nitrogens with two attached hydrogens (primary N) is 1. The Bertz CT molecular complexity index is 401. The quantitative estimate of drug-likeness (QED) is 0.776. The Labute approximate surface area is 95.6 Å². The molecular formula is C13H17NO2. The highest BCUT2D eigenvalue weighted by atomic mass is 16.5. The number of ether oxygens (including phenoxy) is 1. The summed E-state index contributed by atoms with van der Waals surface area (Å²) in [5, 5.41) is 0. The normalized spacial score (nSPS) is 19.0. The molecule has 86 valence electrons. The van der Waals surface area contributed by atoms with Gasteiger partial charge in [-0.15, -0.1) is 0 Å². The van der Waals surface area contributed by atoms with Crippen LogP contribution >= 0.6 is 0 Å². The molecule has 0 heterocycles. The first-order chi connectivity index (χ1) is 7.72. The van der Waals surface area contributed by atoms with Crippen molar-refractivity contribution in [2.75, 3.05) is 6.61 Å². The van der Waals surface area contributed by atoms with E-state index in [1.54, 1.807) is 0 Å². The van der Waals surface area contributed by atoms with Crippen molar-refractivity contribution < 1.29 is 9.53 Å². The Kier molecular flexibility index (Phi) is 3.25. The predicted molar refractivity (Wildman–Crippen MR) is 62.3 cm³/mol. The van der Waals surface area contributed by atoms with Crippen LogP contribution in [0.1, 0.15) is 47.3 Å². The highest BCUT2D eigenvalue weighted by molar-refractivity contribution is 5.89. The molecule has 1 atom stereocenters. The molecule has 0 saturated carbocycles. The number of esters is 1. The highest BCUT2D eigenvalue weighted by Gasteiger charge is 2.18. The van der Waals surface area contributed by atoms with Crippen molar-refractivity contribution >= 4 is 5.97 Å². The number of carbonyl (C=O) groups excluding carboxylic acids is 1. The van der Waals surface area contributed by atoms with Crippen molar-refractivity contribution in [2.45, 2.75) is 32.2 Å². The summed E-state index contributed by atoms with van der Waals surface area (Å²) in [6.45, 7) is 2.21. The Morgan fingerprint density at radius 1 is 1.56 bits per heavy atom. The van der Waals surface area contributed by atoms with Gasteiger partial charge in [0.15, 0.2) is 0 Å². The van der Waals surface area contributed by atoms with Crippen molar-refractivity contribution in [1.82, 2.24) is 0 Å². The summed E-state index contributed by atoms with van der Waals surface area (Å²) in [6.07, 6.45) is 3.19. The van der Waals surface area contributed by atoms with Crippen molar-refractivity contribution in [3.63, 3.8) is 0 Å². The zero-order valence-corrected chi connectivity index (χ0v) is 9.53. The SMILES string of the molecule is CCOC(=O)c1ccc2c(c1)[C@H](N)CCC2. The molecule has 0 bridgehead atoms. The third kappa shape index (κ3) is 2.09. The van der Waals surface area contributed by atoms with E-state index in [-0.39, 0.29) is 12.0 Å². The maximum absolute atomic E-state index is 11.6. The summed E-state index contributed by atoms with van der Waals surface area (Å²) >= 11 is 0. The van der Waals surface area contributed by atoms with Gasteiger partial charge in [-0.05, 0) is 49.4 Å². The summed E-state index contributed by atoms with van der Waals surface area (Å²) in [4.78, 5) is 11.6. The standard InChI is InChI=1S/C13H17NO2/c1-2-16-13(15)10-7-6-9-4-3-5-12(14)11(9)8-10/h6-8,12H,2-5,14H2,1H3/t12-/m1/s1. The number of carbonyl (C=O) groups is 1. The van der Waals surface area contributed by atoms with Gasteiger partial charge in [-0.2, -0.15) is 0 Å². The summed E-state index contributed by atoms with van der Waals surface area (Å²) in [6, 6.07) is 5.78. The molecule has 1 aromatic rings. The second kappa shape index (κ2) is 4.66. The molecule has 1 aromatic carbocycles. The zero-order valence-electron chi connectivity index (χ0n) is 9.53. The first-order valence-corrected chi connectivity index (χ1v) is 5.78. The van der Waals surface area contributed by atoms with Crippen LogP contribution in [0.2, 0.25) is 0 Å². The average molecular weight is 219 g/mol. The number of fused-ring (bicyclic) bond motifs is 1. The van der Waals surface area contributed by atoms with E-state index in [0.29, 0.717) is 12.2 Å². The van der Waals surface area contributed by atoms with Gasteiger partial charge >= 0.3 is 5.97 Å². The third-order valence-corrected chi connectivity index (χ3v) is 3.02. The van der Waals surface area contributed by atoms with Gasteiger partial charge in [0.2, 0.25) is 0 Å². The first kappa shape index (κ1) is 11.1. The molecule has 1 aliphatic rings. The topological polar surface area (TPSA) is 52.3 Å². The fraction of sp³-hybridized carbons (Fsp3) is 0.462. The van der Waals surface area contributed by atoms with Crippen LogP contribution in [-0.4, -0.2) is 12.6 Å². The van der Waals surface area contributed by atoms with Crippen LogP contribution in [0.25, 0.3) is 0 Å². The lowest BCUT2D eigenvalue weighted by molar-refractivity contribution is 0.0526. The van der Waals surface area contributed by atoms with Crippen molar-refractivity contribution in [2.24, 2.45) is 5.73 Å². The Hall–Kier alpha value is -1.35. The Morgan fingerprint density at radius 2 is 2.38 bits per heavy atom. The van der Waals surface area contributed by atoms with E-state index in [4.69, 9.17) is 10.5 Å². The summed E-state index contributed by atoms with van der Waals surface area (Å²) < 4.78 is 4.97. The molecule has 3 heteroatoms. The van der Waals surface area contributed by atoms with Crippen molar-refractivity contribution in [3.05, 3.63) is 34.9 Å². The fourth-order valence-corrected chi connectivity index (χ4v) is 2.18. The lowest BCUT2D eigenvalue weighted by Crippen LogP contribution is -2.18. The van der Waals surface area contributed by atoms with Gasteiger partial charge in [0.05, 0.1) is 12.2 Å². The number of benzene rings is 1. The summed E-state index contributed by atoms with van der Waals surface area (Å²) in [7, 11) is 0. The van der Waals surface area contributed by atoms with Crippen LogP contribution in [0.3, 0.4) is 0 Å². The number of hydrogen-bond acceptors (Lipinski definition) is 3. The maximum Gasteiger partial charge on any atom is 0.338 e. The van der Waals surface area contributed by atoms with Gasteiger partial charge < -0.3 is 10.5 Å². The van der Waals surface area contributed by atoms with Crippen LogP contribution in [0.15, 0.2) is 18.2 Å². The highest BCUT2D eigenvalue weighted by Crippen LogP contribution is 2.28. The van der Waals surface area contributed by atoms with Crippen LogP contribution in [0.5, 0.6) is 0 Å². The van der Waals surface area contributed by atoms with E-state index in [1.807, 2.05) is 25.1 Å². The van der Waals surface area contributed by atoms with Gasteiger partial charge in [-0.1, -0.05) is 6.07 Å². The maximum atomic E-state index is 11.6. The molecule has 0 unspecified atom stereocenters. The zero-order chi connectivity index (χ0) is 11.5. The van der Waals surface area contributed by atoms with Crippen LogP contribution < -0.4 is 5.73 Å². The van der Waals surface area contributed by atoms with E-state index in [9.17, 15) is 4.79 Å². The largest absolute Gasteiger partial charge is 0.462 e. The molecule has 2 N–H and O–H groups in total. The van der Waals surface area contributed by atoms with Crippen LogP contribution in [-0.2, 0) is 11.2 Å². The van der Waals surface area contributed by atoms with Crippen molar-refractivity contribution in [1.29, 1.82) is 0 Å². The molecule has 0 aliphatic heterocycles. The number of rotatable bonds is 2. The summed E-state index contributed by atoms with van der Waals surface area (Å²) in [5.74, 6) is -0.261. The van der Waals surface area contributed by atoms with Crippen LogP contribution in [0, 0.1) is 0 Å². The molecule has 16 heavy (non-hydrogen) atoms. The minimum absolute atomic E-state index is 0.0677. The molecule has 0 fully saturated rings.